The van der Waals surface area contributed by atoms with Crippen LogP contribution in [0.1, 0.15) is 69.0 Å². The van der Waals surface area contributed by atoms with E-state index >= 15 is 0 Å². The van der Waals surface area contributed by atoms with E-state index in [1.165, 1.54) is 67.2 Å². The Morgan fingerprint density at radius 1 is 1.30 bits per heavy atom. The van der Waals surface area contributed by atoms with Gasteiger partial charge in [-0.15, -0.1) is 0 Å². The molecule has 0 bridgehead atoms. The van der Waals surface area contributed by atoms with Crippen molar-refractivity contribution >= 4 is 16.5 Å². The minimum absolute atomic E-state index is 0.558. The maximum Gasteiger partial charge on any atom is 0.186 e. The Morgan fingerprint density at radius 3 is 2.85 bits per heavy atom. The van der Waals surface area contributed by atoms with Crippen molar-refractivity contribution in [3.05, 3.63) is 10.6 Å². The van der Waals surface area contributed by atoms with E-state index in [1.807, 2.05) is 11.3 Å². The zero-order chi connectivity index (χ0) is 13.9. The number of hydrogen-bond donors (Lipinski definition) is 1. The Labute approximate surface area is 126 Å². The van der Waals surface area contributed by atoms with Gasteiger partial charge in [0, 0.05) is 23.5 Å². The molecule has 3 rings (SSSR count). The molecule has 112 valence electrons. The molecule has 1 N–H and O–H groups in total. The van der Waals surface area contributed by atoms with Crippen molar-refractivity contribution in [1.29, 1.82) is 0 Å². The monoisotopic (exact) mass is 293 g/mol. The second-order valence-electron chi connectivity index (χ2n) is 6.09. The third-order valence-electron chi connectivity index (χ3n) is 4.38. The molecule has 0 saturated heterocycles. The molecule has 2 aliphatic rings. The highest BCUT2D eigenvalue weighted by atomic mass is 32.1. The zero-order valence-electron chi connectivity index (χ0n) is 12.8. The Kier molecular flexibility index (Phi) is 4.61. The molecule has 3 nitrogen and oxygen atoms in total. The minimum Gasteiger partial charge on any atom is -0.345 e. The molecule has 1 unspecified atom stereocenters. The van der Waals surface area contributed by atoms with Crippen LogP contribution in [-0.4, -0.2) is 24.1 Å². The van der Waals surface area contributed by atoms with Crippen molar-refractivity contribution in [2.24, 2.45) is 0 Å². The molecule has 0 aromatic carbocycles. The molecule has 2 aliphatic carbocycles. The largest absolute Gasteiger partial charge is 0.345 e. The number of nitrogens with one attached hydrogen (secondary N) is 1. The van der Waals surface area contributed by atoms with Crippen LogP contribution in [0.25, 0.3) is 0 Å². The molecule has 1 atom stereocenters. The summed E-state index contributed by atoms with van der Waals surface area (Å²) in [4.78, 5) is 9.12. The lowest BCUT2D eigenvalue weighted by Gasteiger charge is -2.21. The fraction of sp³-hybridized carbons (Fsp3) is 0.812. The minimum atomic E-state index is 0.558. The molecule has 0 amide bonds. The molecular weight excluding hydrogens is 266 g/mol. The highest BCUT2D eigenvalue weighted by Gasteiger charge is 2.32. The fourth-order valence-electron chi connectivity index (χ4n) is 3.12. The van der Waals surface area contributed by atoms with Crippen LogP contribution in [0.5, 0.6) is 0 Å². The number of thiazole rings is 1. The van der Waals surface area contributed by atoms with Crippen LogP contribution >= 0.6 is 11.3 Å². The molecule has 20 heavy (non-hydrogen) atoms. The van der Waals surface area contributed by atoms with Gasteiger partial charge in [-0.3, -0.25) is 0 Å². The summed E-state index contributed by atoms with van der Waals surface area (Å²) < 4.78 is 0. The molecule has 1 heterocycles. The van der Waals surface area contributed by atoms with Crippen LogP contribution in [0.2, 0.25) is 0 Å². The molecule has 1 aromatic rings. The summed E-state index contributed by atoms with van der Waals surface area (Å²) >= 11 is 1.96. The molecule has 0 spiro atoms. The number of rotatable bonds is 7. The SMILES string of the molecule is CCCCN(c1nc2c(s1)C(NCC)CCC2)C1CC1. The lowest BCUT2D eigenvalue weighted by Crippen LogP contribution is -2.26. The van der Waals surface area contributed by atoms with Gasteiger partial charge in [0.05, 0.1) is 5.69 Å². The summed E-state index contributed by atoms with van der Waals surface area (Å²) in [5, 5.41) is 4.93. The van der Waals surface area contributed by atoms with Crippen LogP contribution in [0.4, 0.5) is 5.13 Å². The third kappa shape index (κ3) is 3.01. The summed E-state index contributed by atoms with van der Waals surface area (Å²) in [7, 11) is 0. The molecule has 1 aromatic heterocycles. The van der Waals surface area contributed by atoms with Crippen molar-refractivity contribution in [2.45, 2.75) is 70.9 Å². The van der Waals surface area contributed by atoms with Gasteiger partial charge in [-0.05, 0) is 45.1 Å². The van der Waals surface area contributed by atoms with Gasteiger partial charge in [0.2, 0.25) is 0 Å². The number of anilines is 1. The Bertz CT molecular complexity index is 439. The topological polar surface area (TPSA) is 28.2 Å². The first-order chi connectivity index (χ1) is 9.83. The van der Waals surface area contributed by atoms with E-state index in [-0.39, 0.29) is 0 Å². The van der Waals surface area contributed by atoms with Crippen LogP contribution in [-0.2, 0) is 6.42 Å². The number of aryl methyl sites for hydroxylation is 1. The standard InChI is InChI=1S/C16H27N3S/c1-3-5-11-19(12-9-10-12)16-18-14-8-6-7-13(17-4-2)15(14)20-16/h12-13,17H,3-11H2,1-2H3. The maximum absolute atomic E-state index is 5.00. The number of unbranched alkanes of at least 4 members (excludes halogenated alkanes) is 1. The van der Waals surface area contributed by atoms with E-state index in [1.54, 1.807) is 0 Å². The van der Waals surface area contributed by atoms with Gasteiger partial charge in [0.25, 0.3) is 0 Å². The highest BCUT2D eigenvalue weighted by Crippen LogP contribution is 2.40. The average molecular weight is 293 g/mol. The summed E-state index contributed by atoms with van der Waals surface area (Å²) in [6.07, 6.45) is 9.04. The third-order valence-corrected chi connectivity index (χ3v) is 5.62. The average Bonchev–Trinajstić information content (AvgIpc) is 3.18. The highest BCUT2D eigenvalue weighted by molar-refractivity contribution is 7.15. The van der Waals surface area contributed by atoms with Gasteiger partial charge in [-0.25, -0.2) is 4.98 Å². The smallest absolute Gasteiger partial charge is 0.186 e. The Hall–Kier alpha value is -0.610. The van der Waals surface area contributed by atoms with E-state index in [9.17, 15) is 0 Å². The lowest BCUT2D eigenvalue weighted by molar-refractivity contribution is 0.476. The van der Waals surface area contributed by atoms with Gasteiger partial charge >= 0.3 is 0 Å². The molecule has 1 fully saturated rings. The van der Waals surface area contributed by atoms with Gasteiger partial charge in [0.15, 0.2) is 5.13 Å². The number of fused-ring (bicyclic) bond motifs is 1. The fourth-order valence-corrected chi connectivity index (χ4v) is 4.44. The Balaban J connectivity index is 1.79. The number of hydrogen-bond acceptors (Lipinski definition) is 4. The van der Waals surface area contributed by atoms with Gasteiger partial charge in [0.1, 0.15) is 0 Å². The second kappa shape index (κ2) is 6.44. The molecule has 1 saturated carbocycles. The molecule has 0 aliphatic heterocycles. The quantitative estimate of drug-likeness (QED) is 0.826. The predicted molar refractivity (Wildman–Crippen MR) is 86.7 cm³/mol. The summed E-state index contributed by atoms with van der Waals surface area (Å²) in [6, 6.07) is 1.34. The van der Waals surface area contributed by atoms with Crippen LogP contribution in [0.15, 0.2) is 0 Å². The van der Waals surface area contributed by atoms with E-state index in [2.05, 4.69) is 24.1 Å². The summed E-state index contributed by atoms with van der Waals surface area (Å²) in [5.74, 6) is 0. The molecule has 4 heteroatoms. The molecule has 0 radical (unpaired) electrons. The van der Waals surface area contributed by atoms with Crippen molar-refractivity contribution < 1.29 is 0 Å². The van der Waals surface area contributed by atoms with Crippen molar-refractivity contribution in [3.63, 3.8) is 0 Å². The van der Waals surface area contributed by atoms with E-state index in [4.69, 9.17) is 4.98 Å². The van der Waals surface area contributed by atoms with E-state index < -0.39 is 0 Å². The number of nitrogens with zero attached hydrogens (tertiary/aromatic N) is 2. The van der Waals surface area contributed by atoms with Gasteiger partial charge in [-0.1, -0.05) is 31.6 Å². The van der Waals surface area contributed by atoms with E-state index in [0.717, 1.165) is 12.6 Å². The summed E-state index contributed by atoms with van der Waals surface area (Å²) in [5.41, 5.74) is 1.38. The number of aromatic nitrogens is 1. The summed E-state index contributed by atoms with van der Waals surface area (Å²) in [6.45, 7) is 6.73. The second-order valence-corrected chi connectivity index (χ2v) is 7.10. The van der Waals surface area contributed by atoms with Crippen LogP contribution in [0.3, 0.4) is 0 Å². The van der Waals surface area contributed by atoms with Crippen LogP contribution in [0, 0.1) is 0 Å². The van der Waals surface area contributed by atoms with Crippen molar-refractivity contribution in [1.82, 2.24) is 10.3 Å². The predicted octanol–water partition coefficient (Wildman–Crippen LogP) is 3.90. The van der Waals surface area contributed by atoms with Gasteiger partial charge < -0.3 is 10.2 Å². The van der Waals surface area contributed by atoms with E-state index in [0.29, 0.717) is 6.04 Å². The maximum atomic E-state index is 5.00. The normalized spacial score (nSPS) is 21.8. The zero-order valence-corrected chi connectivity index (χ0v) is 13.6. The van der Waals surface area contributed by atoms with Crippen molar-refractivity contribution in [2.75, 3.05) is 18.0 Å². The molecular formula is C16H27N3S. The first-order valence-corrected chi connectivity index (χ1v) is 9.14. The van der Waals surface area contributed by atoms with Crippen LogP contribution < -0.4 is 10.2 Å². The Morgan fingerprint density at radius 2 is 2.15 bits per heavy atom. The lowest BCUT2D eigenvalue weighted by atomic mass is 9.98. The van der Waals surface area contributed by atoms with Gasteiger partial charge in [-0.2, -0.15) is 0 Å². The first kappa shape index (κ1) is 14.3. The van der Waals surface area contributed by atoms with Crippen molar-refractivity contribution in [3.8, 4) is 0 Å². The first-order valence-electron chi connectivity index (χ1n) is 8.33.